The van der Waals surface area contributed by atoms with Gasteiger partial charge < -0.3 is 25.0 Å². The van der Waals surface area contributed by atoms with Crippen molar-refractivity contribution in [3.05, 3.63) is 54.1 Å². The number of urea groups is 1. The van der Waals surface area contributed by atoms with E-state index in [2.05, 4.69) is 10.6 Å². The molecule has 2 aromatic rings. The number of carbonyl (C=O) groups is 2. The molecule has 3 amide bonds. The average Bonchev–Trinajstić information content (AvgIpc) is 3.13. The van der Waals surface area contributed by atoms with Crippen molar-refractivity contribution >= 4 is 17.6 Å². The Labute approximate surface area is 171 Å². The predicted octanol–water partition coefficient (Wildman–Crippen LogP) is 2.60. The van der Waals surface area contributed by atoms with Crippen LogP contribution in [0.2, 0.25) is 0 Å². The Hall–Kier alpha value is -3.22. The molecule has 1 aliphatic heterocycles. The number of rotatable bonds is 8. The van der Waals surface area contributed by atoms with E-state index in [1.54, 1.807) is 19.1 Å². The summed E-state index contributed by atoms with van der Waals surface area (Å²) >= 11 is 0. The fraction of sp³-hybridized carbons (Fsp3) is 0.364. The van der Waals surface area contributed by atoms with Gasteiger partial charge in [-0.05, 0) is 48.4 Å². The van der Waals surface area contributed by atoms with E-state index in [9.17, 15) is 9.59 Å². The lowest BCUT2D eigenvalue weighted by molar-refractivity contribution is -0.117. The van der Waals surface area contributed by atoms with Gasteiger partial charge in [0.15, 0.2) is 0 Å². The second kappa shape index (κ2) is 9.82. The first-order valence-corrected chi connectivity index (χ1v) is 9.68. The van der Waals surface area contributed by atoms with Gasteiger partial charge in [-0.15, -0.1) is 0 Å². The quantitative estimate of drug-likeness (QED) is 0.718. The Kier molecular flexibility index (Phi) is 6.94. The summed E-state index contributed by atoms with van der Waals surface area (Å²) in [5.74, 6) is 1.73. The zero-order valence-corrected chi connectivity index (χ0v) is 16.8. The molecule has 2 aromatic carbocycles. The van der Waals surface area contributed by atoms with Crippen LogP contribution in [0.25, 0.3) is 0 Å². The van der Waals surface area contributed by atoms with Crippen LogP contribution in [0.4, 0.5) is 10.5 Å². The number of hydrogen-bond donors (Lipinski definition) is 2. The Bertz CT molecular complexity index is 821. The summed E-state index contributed by atoms with van der Waals surface area (Å²) in [6, 6.07) is 15.0. The highest BCUT2D eigenvalue weighted by Crippen LogP contribution is 2.26. The maximum absolute atomic E-state index is 12.3. The molecule has 1 fully saturated rings. The smallest absolute Gasteiger partial charge is 0.314 e. The Morgan fingerprint density at radius 2 is 1.62 bits per heavy atom. The lowest BCUT2D eigenvalue weighted by Gasteiger charge is -2.17. The summed E-state index contributed by atoms with van der Waals surface area (Å²) in [5.41, 5.74) is 1.98. The van der Waals surface area contributed by atoms with Gasteiger partial charge in [-0.2, -0.15) is 0 Å². The van der Waals surface area contributed by atoms with E-state index in [0.29, 0.717) is 26.1 Å². The van der Waals surface area contributed by atoms with Gasteiger partial charge in [0.25, 0.3) is 0 Å². The summed E-state index contributed by atoms with van der Waals surface area (Å²) < 4.78 is 10.3. The molecule has 3 rings (SSSR count). The first-order valence-electron chi connectivity index (χ1n) is 9.68. The van der Waals surface area contributed by atoms with Crippen LogP contribution < -0.4 is 25.0 Å². The maximum atomic E-state index is 12.3. The van der Waals surface area contributed by atoms with Gasteiger partial charge in [0, 0.05) is 37.7 Å². The van der Waals surface area contributed by atoms with Crippen LogP contribution in [0.1, 0.15) is 12.0 Å². The van der Waals surface area contributed by atoms with Crippen molar-refractivity contribution < 1.29 is 19.1 Å². The van der Waals surface area contributed by atoms with Crippen LogP contribution in [0.3, 0.4) is 0 Å². The van der Waals surface area contributed by atoms with Gasteiger partial charge >= 0.3 is 6.03 Å². The summed E-state index contributed by atoms with van der Waals surface area (Å²) in [6.07, 6.45) is 1.17. The largest absolute Gasteiger partial charge is 0.497 e. The number of benzene rings is 2. The minimum Gasteiger partial charge on any atom is -0.497 e. The molecule has 7 heteroatoms. The fourth-order valence-electron chi connectivity index (χ4n) is 3.34. The Morgan fingerprint density at radius 1 is 1.00 bits per heavy atom. The molecule has 29 heavy (non-hydrogen) atoms. The summed E-state index contributed by atoms with van der Waals surface area (Å²) in [7, 11) is 3.24. The number of hydrogen-bond acceptors (Lipinski definition) is 4. The standard InChI is InChI=1S/C22H27N3O4/c1-28-19-7-3-16(4-8-19)11-12-23-22(27)24-14-17-13-21(26)25(15-17)18-5-9-20(29-2)10-6-18/h3-10,17H,11-15H2,1-2H3,(H2,23,24,27)/t17-/m1/s1. The summed E-state index contributed by atoms with van der Waals surface area (Å²) in [5, 5.41) is 5.73. The van der Waals surface area contributed by atoms with Crippen LogP contribution in [0, 0.1) is 5.92 Å². The molecule has 1 aliphatic rings. The maximum Gasteiger partial charge on any atom is 0.314 e. The van der Waals surface area contributed by atoms with Crippen LogP contribution in [0.5, 0.6) is 11.5 Å². The molecule has 1 saturated heterocycles. The number of nitrogens with zero attached hydrogens (tertiary/aromatic N) is 1. The van der Waals surface area contributed by atoms with E-state index >= 15 is 0 Å². The zero-order chi connectivity index (χ0) is 20.6. The molecule has 0 saturated carbocycles. The van der Waals surface area contributed by atoms with Crippen molar-refractivity contribution in [2.75, 3.05) is 38.8 Å². The zero-order valence-electron chi connectivity index (χ0n) is 16.8. The van der Waals surface area contributed by atoms with Gasteiger partial charge in [0.1, 0.15) is 11.5 Å². The van der Waals surface area contributed by atoms with E-state index in [-0.39, 0.29) is 17.9 Å². The molecule has 2 N–H and O–H groups in total. The highest BCUT2D eigenvalue weighted by atomic mass is 16.5. The van der Waals surface area contributed by atoms with E-state index < -0.39 is 0 Å². The van der Waals surface area contributed by atoms with Crippen LogP contribution in [-0.4, -0.2) is 45.8 Å². The van der Waals surface area contributed by atoms with Crippen molar-refractivity contribution in [3.8, 4) is 11.5 Å². The third-order valence-electron chi connectivity index (χ3n) is 5.00. The molecule has 0 unspecified atom stereocenters. The lowest BCUT2D eigenvalue weighted by atomic mass is 10.1. The molecule has 0 aliphatic carbocycles. The molecule has 7 nitrogen and oxygen atoms in total. The molecule has 0 radical (unpaired) electrons. The highest BCUT2D eigenvalue weighted by Gasteiger charge is 2.30. The molecule has 1 heterocycles. The number of amides is 3. The third-order valence-corrected chi connectivity index (χ3v) is 5.00. The number of nitrogens with one attached hydrogen (secondary N) is 2. The molecule has 0 bridgehead atoms. The van der Waals surface area contributed by atoms with Crippen molar-refractivity contribution in [2.45, 2.75) is 12.8 Å². The lowest BCUT2D eigenvalue weighted by Crippen LogP contribution is -2.39. The Balaban J connectivity index is 1.39. The topological polar surface area (TPSA) is 79.9 Å². The first kappa shape index (κ1) is 20.5. The molecule has 0 aromatic heterocycles. The van der Waals surface area contributed by atoms with Crippen molar-refractivity contribution in [2.24, 2.45) is 5.92 Å². The van der Waals surface area contributed by atoms with E-state index in [0.717, 1.165) is 29.2 Å². The number of anilines is 1. The molecule has 0 spiro atoms. The normalized spacial score (nSPS) is 15.9. The average molecular weight is 397 g/mol. The van der Waals surface area contributed by atoms with E-state index in [1.807, 2.05) is 48.5 Å². The van der Waals surface area contributed by atoms with Crippen molar-refractivity contribution in [3.63, 3.8) is 0 Å². The minimum absolute atomic E-state index is 0.0712. The third kappa shape index (κ3) is 5.63. The Morgan fingerprint density at radius 3 is 2.24 bits per heavy atom. The predicted molar refractivity (Wildman–Crippen MR) is 112 cm³/mol. The van der Waals surface area contributed by atoms with Gasteiger partial charge in [0.05, 0.1) is 14.2 Å². The number of carbonyl (C=O) groups excluding carboxylic acids is 2. The summed E-state index contributed by atoms with van der Waals surface area (Å²) in [6.45, 7) is 1.60. The molecule has 1 atom stereocenters. The molecular formula is C22H27N3O4. The van der Waals surface area contributed by atoms with Crippen molar-refractivity contribution in [1.29, 1.82) is 0 Å². The van der Waals surface area contributed by atoms with E-state index in [4.69, 9.17) is 9.47 Å². The van der Waals surface area contributed by atoms with Gasteiger partial charge in [-0.3, -0.25) is 4.79 Å². The van der Waals surface area contributed by atoms with Crippen LogP contribution in [0.15, 0.2) is 48.5 Å². The SMILES string of the molecule is COc1ccc(CCNC(=O)NC[C@H]2CC(=O)N(c3ccc(OC)cc3)C2)cc1. The van der Waals surface area contributed by atoms with Gasteiger partial charge in [0.2, 0.25) is 5.91 Å². The molecule has 154 valence electrons. The van der Waals surface area contributed by atoms with Crippen molar-refractivity contribution in [1.82, 2.24) is 10.6 Å². The van der Waals surface area contributed by atoms with Crippen LogP contribution >= 0.6 is 0 Å². The fourth-order valence-corrected chi connectivity index (χ4v) is 3.34. The summed E-state index contributed by atoms with van der Waals surface area (Å²) in [4.78, 5) is 26.1. The first-order chi connectivity index (χ1) is 14.1. The minimum atomic E-state index is -0.214. The highest BCUT2D eigenvalue weighted by molar-refractivity contribution is 5.95. The van der Waals surface area contributed by atoms with E-state index in [1.165, 1.54) is 0 Å². The van der Waals surface area contributed by atoms with Crippen LogP contribution in [-0.2, 0) is 11.2 Å². The molecular weight excluding hydrogens is 370 g/mol. The monoisotopic (exact) mass is 397 g/mol. The van der Waals surface area contributed by atoms with Gasteiger partial charge in [-0.25, -0.2) is 4.79 Å². The second-order valence-electron chi connectivity index (χ2n) is 7.01. The number of ether oxygens (including phenoxy) is 2. The van der Waals surface area contributed by atoms with Gasteiger partial charge in [-0.1, -0.05) is 12.1 Å². The second-order valence-corrected chi connectivity index (χ2v) is 7.01. The number of methoxy groups -OCH3 is 2.